The van der Waals surface area contributed by atoms with Crippen LogP contribution in [0.1, 0.15) is 37.3 Å². The van der Waals surface area contributed by atoms with Crippen molar-refractivity contribution in [3.8, 4) is 0 Å². The van der Waals surface area contributed by atoms with Crippen molar-refractivity contribution in [2.75, 3.05) is 0 Å². The summed E-state index contributed by atoms with van der Waals surface area (Å²) in [6, 6.07) is 6.31. The zero-order chi connectivity index (χ0) is 18.9. The molecular formula is C17H19N5O4. The third-order valence-corrected chi connectivity index (χ3v) is 4.98. The van der Waals surface area contributed by atoms with Crippen LogP contribution >= 0.6 is 0 Å². The number of hydrogen-bond acceptors (Lipinski definition) is 7. The molecule has 0 bridgehead atoms. The summed E-state index contributed by atoms with van der Waals surface area (Å²) in [5.74, 6) is 0. The van der Waals surface area contributed by atoms with Gasteiger partial charge in [0.2, 0.25) is 12.1 Å². The maximum absolute atomic E-state index is 11.9. The van der Waals surface area contributed by atoms with E-state index in [0.717, 1.165) is 0 Å². The van der Waals surface area contributed by atoms with Gasteiger partial charge < -0.3 is 0 Å². The fourth-order valence-electron chi connectivity index (χ4n) is 3.81. The molecule has 136 valence electrons. The molecule has 0 amide bonds. The van der Waals surface area contributed by atoms with Gasteiger partial charge in [0.15, 0.2) is 0 Å². The Balaban J connectivity index is 2.14. The molecule has 0 saturated carbocycles. The minimum Gasteiger partial charge on any atom is -0.289 e. The molecule has 9 nitrogen and oxygen atoms in total. The number of aromatic nitrogens is 2. The Kier molecular flexibility index (Phi) is 4.64. The van der Waals surface area contributed by atoms with E-state index in [9.17, 15) is 20.2 Å². The lowest BCUT2D eigenvalue weighted by Crippen LogP contribution is -2.63. The molecule has 26 heavy (non-hydrogen) atoms. The zero-order valence-electron chi connectivity index (χ0n) is 14.4. The van der Waals surface area contributed by atoms with Crippen LogP contribution in [-0.2, 0) is 0 Å². The Hall–Kier alpha value is -2.94. The molecule has 4 unspecified atom stereocenters. The molecule has 3 heterocycles. The summed E-state index contributed by atoms with van der Waals surface area (Å²) in [5, 5.41) is 26.8. The summed E-state index contributed by atoms with van der Waals surface area (Å²) in [4.78, 5) is 31.3. The standard InChI is InChI=1S/C17H19N5O4/c1-17(2)15(21(23)24)13(11-7-3-5-9-18-11)20-14(16(17)22(25)26)12-8-4-6-10-19-12/h3-10,13-16,20H,1-2H3. The van der Waals surface area contributed by atoms with Gasteiger partial charge in [-0.15, -0.1) is 0 Å². The van der Waals surface area contributed by atoms with Gasteiger partial charge in [-0.25, -0.2) is 0 Å². The average Bonchev–Trinajstić information content (AvgIpc) is 2.60. The van der Waals surface area contributed by atoms with E-state index >= 15 is 0 Å². The lowest BCUT2D eigenvalue weighted by Gasteiger charge is -2.43. The average molecular weight is 357 g/mol. The van der Waals surface area contributed by atoms with E-state index in [2.05, 4.69) is 15.3 Å². The van der Waals surface area contributed by atoms with Crippen LogP contribution in [0.3, 0.4) is 0 Å². The van der Waals surface area contributed by atoms with Crippen molar-refractivity contribution in [2.24, 2.45) is 5.41 Å². The van der Waals surface area contributed by atoms with Crippen molar-refractivity contribution >= 4 is 0 Å². The normalized spacial score (nSPS) is 27.6. The molecule has 1 saturated heterocycles. The quantitative estimate of drug-likeness (QED) is 0.657. The first-order chi connectivity index (χ1) is 12.3. The smallest absolute Gasteiger partial charge is 0.245 e. The fraction of sp³-hybridized carbons (Fsp3) is 0.412. The van der Waals surface area contributed by atoms with Crippen molar-refractivity contribution < 1.29 is 9.85 Å². The highest BCUT2D eigenvalue weighted by Gasteiger charge is 2.63. The van der Waals surface area contributed by atoms with Crippen LogP contribution in [0, 0.1) is 25.6 Å². The van der Waals surface area contributed by atoms with Gasteiger partial charge in [-0.05, 0) is 38.1 Å². The maximum atomic E-state index is 11.9. The molecule has 3 rings (SSSR count). The molecule has 1 aliphatic rings. The van der Waals surface area contributed by atoms with Gasteiger partial charge in [0, 0.05) is 22.2 Å². The van der Waals surface area contributed by atoms with Crippen LogP contribution in [0.15, 0.2) is 48.8 Å². The van der Waals surface area contributed by atoms with Crippen LogP contribution < -0.4 is 5.32 Å². The molecule has 0 aromatic carbocycles. The third-order valence-electron chi connectivity index (χ3n) is 4.98. The Labute approximate surface area is 149 Å². The first-order valence-electron chi connectivity index (χ1n) is 8.19. The first-order valence-corrected chi connectivity index (χ1v) is 8.19. The van der Waals surface area contributed by atoms with Gasteiger partial charge >= 0.3 is 0 Å². The predicted octanol–water partition coefficient (Wildman–Crippen LogP) is 2.18. The lowest BCUT2D eigenvalue weighted by atomic mass is 9.67. The zero-order valence-corrected chi connectivity index (χ0v) is 14.4. The number of hydrogen-bond donors (Lipinski definition) is 1. The summed E-state index contributed by atoms with van der Waals surface area (Å²) < 4.78 is 0. The Morgan fingerprint density at radius 2 is 1.31 bits per heavy atom. The van der Waals surface area contributed by atoms with Gasteiger partial charge in [0.25, 0.3) is 0 Å². The predicted molar refractivity (Wildman–Crippen MR) is 92.4 cm³/mol. The number of nitrogens with zero attached hydrogens (tertiary/aromatic N) is 4. The highest BCUT2D eigenvalue weighted by molar-refractivity contribution is 5.21. The summed E-state index contributed by atoms with van der Waals surface area (Å²) in [6.45, 7) is 3.14. The fourth-order valence-corrected chi connectivity index (χ4v) is 3.81. The second-order valence-electron chi connectivity index (χ2n) is 6.91. The minimum atomic E-state index is -1.23. The molecule has 0 radical (unpaired) electrons. The summed E-state index contributed by atoms with van der Waals surface area (Å²) in [6.07, 6.45) is 3.10. The van der Waals surface area contributed by atoms with Gasteiger partial charge in [0.05, 0.1) is 11.4 Å². The second-order valence-corrected chi connectivity index (χ2v) is 6.91. The topological polar surface area (TPSA) is 124 Å². The largest absolute Gasteiger partial charge is 0.289 e. The lowest BCUT2D eigenvalue weighted by molar-refractivity contribution is -0.605. The van der Waals surface area contributed by atoms with Crippen molar-refractivity contribution in [3.63, 3.8) is 0 Å². The van der Waals surface area contributed by atoms with E-state index in [1.54, 1.807) is 62.6 Å². The maximum Gasteiger partial charge on any atom is 0.245 e. The van der Waals surface area contributed by atoms with Crippen molar-refractivity contribution in [1.29, 1.82) is 0 Å². The number of piperidine rings is 1. The van der Waals surface area contributed by atoms with E-state index in [-0.39, 0.29) is 0 Å². The van der Waals surface area contributed by atoms with Crippen LogP contribution in [0.4, 0.5) is 0 Å². The molecule has 1 aliphatic heterocycles. The molecule has 0 spiro atoms. The van der Waals surface area contributed by atoms with Crippen molar-refractivity contribution in [3.05, 3.63) is 80.4 Å². The number of nitrogens with one attached hydrogen (secondary N) is 1. The van der Waals surface area contributed by atoms with E-state index in [1.807, 2.05) is 0 Å². The molecule has 9 heteroatoms. The van der Waals surface area contributed by atoms with Crippen molar-refractivity contribution in [1.82, 2.24) is 15.3 Å². The first kappa shape index (κ1) is 17.9. The summed E-state index contributed by atoms with van der Waals surface area (Å²) >= 11 is 0. The van der Waals surface area contributed by atoms with Gasteiger partial charge in [-0.3, -0.25) is 35.5 Å². The molecule has 0 aliphatic carbocycles. The number of pyridine rings is 2. The second kappa shape index (κ2) is 6.75. The van der Waals surface area contributed by atoms with E-state index < -0.39 is 39.4 Å². The van der Waals surface area contributed by atoms with E-state index in [4.69, 9.17) is 0 Å². The molecule has 2 aromatic rings. The van der Waals surface area contributed by atoms with Gasteiger partial charge in [0.1, 0.15) is 17.5 Å². The summed E-state index contributed by atoms with van der Waals surface area (Å²) in [5.41, 5.74) is -0.280. The number of rotatable bonds is 4. The van der Waals surface area contributed by atoms with Crippen LogP contribution in [-0.4, -0.2) is 31.9 Å². The molecule has 4 atom stereocenters. The van der Waals surface area contributed by atoms with Crippen LogP contribution in [0.2, 0.25) is 0 Å². The minimum absolute atomic E-state index is 0.447. The Morgan fingerprint density at radius 3 is 1.62 bits per heavy atom. The van der Waals surface area contributed by atoms with Crippen molar-refractivity contribution in [2.45, 2.75) is 38.0 Å². The highest BCUT2D eigenvalue weighted by atomic mass is 16.6. The third kappa shape index (κ3) is 3.01. The monoisotopic (exact) mass is 357 g/mol. The summed E-state index contributed by atoms with van der Waals surface area (Å²) in [7, 11) is 0. The molecule has 1 N–H and O–H groups in total. The molecular weight excluding hydrogens is 338 g/mol. The molecule has 2 aromatic heterocycles. The van der Waals surface area contributed by atoms with Gasteiger partial charge in [-0.2, -0.15) is 0 Å². The van der Waals surface area contributed by atoms with Gasteiger partial charge in [-0.1, -0.05) is 12.1 Å². The van der Waals surface area contributed by atoms with Crippen LogP contribution in [0.25, 0.3) is 0 Å². The SMILES string of the molecule is CC1(C)C([N+](=O)[O-])C(c2ccccn2)NC(c2ccccn2)C1[N+](=O)[O-]. The van der Waals surface area contributed by atoms with E-state index in [1.165, 1.54) is 0 Å². The van der Waals surface area contributed by atoms with Crippen LogP contribution in [0.5, 0.6) is 0 Å². The van der Waals surface area contributed by atoms with E-state index in [0.29, 0.717) is 11.4 Å². The number of nitro groups is 2. The highest BCUT2D eigenvalue weighted by Crippen LogP contribution is 2.46. The molecule has 1 fully saturated rings. The Bertz CT molecular complexity index is 734. The Morgan fingerprint density at radius 1 is 0.885 bits per heavy atom.